The lowest BCUT2D eigenvalue weighted by Crippen LogP contribution is -2.55. The normalized spacial score (nSPS) is 28.3. The van der Waals surface area contributed by atoms with Crippen LogP contribution in [0.15, 0.2) is 164 Å². The molecule has 28 nitrogen and oxygen atoms in total. The van der Waals surface area contributed by atoms with Crippen LogP contribution in [0.4, 0.5) is 0 Å². The summed E-state index contributed by atoms with van der Waals surface area (Å²) in [7, 11) is 0. The maximum absolute atomic E-state index is 10.6. The Balaban J connectivity index is 0.000000133. The van der Waals surface area contributed by atoms with Crippen LogP contribution in [0.3, 0.4) is 0 Å². The van der Waals surface area contributed by atoms with E-state index in [1.54, 1.807) is 29.1 Å². The number of hydrogen-bond donors (Lipinski definition) is 17. The van der Waals surface area contributed by atoms with Crippen molar-refractivity contribution in [3.8, 4) is 40.2 Å². The number of phenolic OH excluding ortho intramolecular Hbond substituents is 1. The Labute approximate surface area is 707 Å². The number of aromatic nitrogens is 2. The van der Waals surface area contributed by atoms with Crippen LogP contribution in [-0.2, 0) is 70.3 Å². The monoisotopic (exact) mass is 1680 g/mol. The highest BCUT2D eigenvalue weighted by atomic mass is 16.6. The second-order valence-electron chi connectivity index (χ2n) is 32.5. The molecule has 1 aromatic heterocycles. The lowest BCUT2D eigenvalue weighted by molar-refractivity contribution is -0.231. The molecule has 0 bridgehead atoms. The third kappa shape index (κ3) is 20.3. The highest BCUT2D eigenvalue weighted by Crippen LogP contribution is 2.42. The lowest BCUT2D eigenvalue weighted by atomic mass is 9.89. The molecule has 28 heteroatoms. The fourth-order valence-electron chi connectivity index (χ4n) is 17.2. The minimum Gasteiger partial charge on any atom is -0.508 e. The predicted molar refractivity (Wildman–Crippen MR) is 444 cm³/mol. The van der Waals surface area contributed by atoms with Crippen molar-refractivity contribution < 1.29 is 129 Å². The average molecular weight is 1690 g/mol. The summed E-state index contributed by atoms with van der Waals surface area (Å²) in [4.78, 5) is 0. The Bertz CT molecular complexity index is 4800. The molecule has 122 heavy (non-hydrogen) atoms. The summed E-state index contributed by atoms with van der Waals surface area (Å²) in [5.74, 6) is 4.60. The van der Waals surface area contributed by atoms with E-state index in [4.69, 9.17) is 42.6 Å². The van der Waals surface area contributed by atoms with Gasteiger partial charge in [0.1, 0.15) is 157 Å². The van der Waals surface area contributed by atoms with Crippen molar-refractivity contribution in [2.45, 2.75) is 213 Å². The summed E-state index contributed by atoms with van der Waals surface area (Å²) in [6.45, 7) is 5.64. The van der Waals surface area contributed by atoms with E-state index in [1.165, 1.54) is 28.3 Å². The van der Waals surface area contributed by atoms with Gasteiger partial charge >= 0.3 is 0 Å². The number of phenols is 1. The molecule has 0 amide bonds. The van der Waals surface area contributed by atoms with E-state index in [0.29, 0.717) is 53.7 Å². The van der Waals surface area contributed by atoms with Crippen LogP contribution in [0.2, 0.25) is 0 Å². The number of fused-ring (bicyclic) bond motifs is 4. The Morgan fingerprint density at radius 1 is 0.361 bits per heavy atom. The maximum Gasteiger partial charge on any atom is 0.122 e. The second kappa shape index (κ2) is 40.7. The van der Waals surface area contributed by atoms with Crippen LogP contribution in [-0.4, -0.2) is 254 Å². The van der Waals surface area contributed by atoms with E-state index in [-0.39, 0.29) is 5.75 Å². The molecule has 4 saturated heterocycles. The molecular weight excluding hydrogens is 1570 g/mol. The summed E-state index contributed by atoms with van der Waals surface area (Å²) in [6.07, 6.45) is -9.74. The van der Waals surface area contributed by atoms with Crippen LogP contribution in [0.5, 0.6) is 34.5 Å². The molecule has 20 atom stereocenters. The van der Waals surface area contributed by atoms with Gasteiger partial charge in [0.05, 0.1) is 65.1 Å². The molecule has 0 unspecified atom stereocenters. The number of aromatic hydroxyl groups is 1. The van der Waals surface area contributed by atoms with E-state index in [1.807, 2.05) is 111 Å². The first-order chi connectivity index (χ1) is 59.0. The number of nitrogens with zero attached hydrogens (tertiary/aromatic N) is 2. The Morgan fingerprint density at radius 2 is 0.689 bits per heavy atom. The fourth-order valence-corrected chi connectivity index (χ4v) is 17.2. The van der Waals surface area contributed by atoms with Gasteiger partial charge in [0.25, 0.3) is 0 Å². The van der Waals surface area contributed by atoms with Gasteiger partial charge in [-0.1, -0.05) is 91.0 Å². The molecule has 8 aromatic carbocycles. The van der Waals surface area contributed by atoms with Gasteiger partial charge in [-0.25, -0.2) is 4.68 Å². The first-order valence-electron chi connectivity index (χ1n) is 42.0. The van der Waals surface area contributed by atoms with Gasteiger partial charge in [0.15, 0.2) is 0 Å². The largest absolute Gasteiger partial charge is 0.508 e. The zero-order chi connectivity index (χ0) is 86.0. The highest BCUT2D eigenvalue weighted by Gasteiger charge is 2.48. The molecule has 8 aliphatic rings. The third-order valence-electron chi connectivity index (χ3n) is 24.1. The summed E-state index contributed by atoms with van der Waals surface area (Å²) in [6, 6.07) is 48.4. The van der Waals surface area contributed by atoms with Crippen molar-refractivity contribution in [3.63, 3.8) is 0 Å². The van der Waals surface area contributed by atoms with Crippen LogP contribution in [0, 0.1) is 6.92 Å². The molecule has 9 aromatic rings. The SMILES string of the molecule is CCOc1ccc([C@@H]2O[C@H](CO)[C@@H](O)[C@H](O)[C@H]2O)cc1Cc1ccc2c(c1)CCCO2.Cc1ccc([C@@H]2O[C@H](CO)[C@@H](O)[C@H](O)[C@H]2O)cc1Cc1ccc2c(c1)CCCO2.OC[C@H]1O[C@@H](c2ccc(-n3cccn3)c(Cc3ccc4c(c3)CCCO4)c2)[C@H](O)[C@@H](O)[C@@H]1O.OC[C@H]1O[C@@H](c2ccc(O)c(Cc3ccc4c(c3)CCCO4)c2)[C@H](O)[C@@H](O)[C@@H]1O. The Morgan fingerprint density at radius 3 is 1.06 bits per heavy atom. The van der Waals surface area contributed by atoms with E-state index in [2.05, 4.69) is 41.5 Å². The minimum absolute atomic E-state index is 0.118. The number of aliphatic hydroxyl groups excluding tert-OH is 16. The van der Waals surface area contributed by atoms with Crippen molar-refractivity contribution in [3.05, 3.63) is 259 Å². The quantitative estimate of drug-likeness (QED) is 0.0502. The number of hydrogen-bond acceptors (Lipinski definition) is 27. The summed E-state index contributed by atoms with van der Waals surface area (Å²) in [5.41, 5.74) is 17.4. The van der Waals surface area contributed by atoms with E-state index < -0.39 is 149 Å². The van der Waals surface area contributed by atoms with Crippen molar-refractivity contribution in [2.75, 3.05) is 59.5 Å². The van der Waals surface area contributed by atoms with Crippen molar-refractivity contribution in [1.29, 1.82) is 0 Å². The maximum atomic E-state index is 10.6. The van der Waals surface area contributed by atoms with Crippen LogP contribution in [0.1, 0.15) is 152 Å². The fraction of sp³-hybridized carbons (Fsp3) is 0.457. The van der Waals surface area contributed by atoms with Gasteiger partial charge in [-0.3, -0.25) is 0 Å². The summed E-state index contributed by atoms with van der Waals surface area (Å²) in [5, 5.41) is 175. The number of rotatable bonds is 19. The topological polar surface area (TPSA) is 445 Å². The highest BCUT2D eigenvalue weighted by molar-refractivity contribution is 5.51. The molecule has 0 aliphatic carbocycles. The predicted octanol–water partition coefficient (Wildman–Crippen LogP) is 5.07. The van der Waals surface area contributed by atoms with Gasteiger partial charge in [-0.2, -0.15) is 5.10 Å². The van der Waals surface area contributed by atoms with Crippen molar-refractivity contribution >= 4 is 0 Å². The van der Waals surface area contributed by atoms with Gasteiger partial charge in [0, 0.05) is 25.2 Å². The molecule has 17 N–H and O–H groups in total. The number of benzene rings is 8. The minimum atomic E-state index is -1.44. The average Bonchev–Trinajstić information content (AvgIpc) is 1.02. The molecule has 0 saturated carbocycles. The van der Waals surface area contributed by atoms with Crippen LogP contribution >= 0.6 is 0 Å². The Hall–Kier alpha value is -9.03. The zero-order valence-electron chi connectivity index (χ0n) is 68.2. The molecular formula is C94H112N2O26. The molecule has 4 fully saturated rings. The molecule has 654 valence electrons. The van der Waals surface area contributed by atoms with E-state index in [0.717, 1.165) is 163 Å². The molecule has 0 radical (unpaired) electrons. The van der Waals surface area contributed by atoms with Gasteiger partial charge < -0.3 is 129 Å². The van der Waals surface area contributed by atoms with Gasteiger partial charge in [0.2, 0.25) is 0 Å². The standard InChI is InChI=1S/C25H28N2O6.C24H30O7.C23H28O6.C22H26O7/c28-14-21-22(29)23(30)24(31)25(33-21)17-5-6-19(27-9-2-8-26-27)18(13-17)12-15-4-7-20-16(11-15)3-1-10-32-20;1-2-29-19-8-6-16(24-23(28)22(27)21(26)20(13-25)31-24)12-17(19)11-14-5-7-18-15(10-14)4-3-9-30-18;1-13-4-6-16(23-22(27)21(26)20(25)19(12-24)29-23)11-17(13)10-14-5-7-18-15(9-14)3-2-8-28-18;23-11-18-19(25)20(26)21(27)22(29-18)14-4-5-16(24)15(10-14)9-12-3-6-17-13(8-12)2-1-7-28-17/h2,4-9,11,13,21-25,28-31H,1,3,10,12,14H2;5-8,10,12,20-28H,2-4,9,11,13H2,1H3;4-7,9,11,19-27H,2-3,8,10,12H2,1H3;3-6,8,10,18-27H,1-2,7,9,11H2/t21-,22-,23+,24-,25+;20-,21-,22+,23-,24+;19-,20-,21+,22-,23+;18-,19-,20+,21-,22+/m1111/s1. The molecule has 0 spiro atoms. The summed E-state index contributed by atoms with van der Waals surface area (Å²) >= 11 is 0. The lowest BCUT2D eigenvalue weighted by Gasteiger charge is -2.40. The first kappa shape index (κ1) is 89.3. The van der Waals surface area contributed by atoms with Crippen LogP contribution in [0.25, 0.3) is 5.69 Å². The Kier molecular flexibility index (Phi) is 29.8. The van der Waals surface area contributed by atoms with Crippen molar-refractivity contribution in [1.82, 2.24) is 9.78 Å². The smallest absolute Gasteiger partial charge is 0.122 e. The van der Waals surface area contributed by atoms with E-state index >= 15 is 0 Å². The second-order valence-corrected chi connectivity index (χ2v) is 32.5. The van der Waals surface area contributed by atoms with E-state index in [9.17, 15) is 86.8 Å². The first-order valence-corrected chi connectivity index (χ1v) is 42.0. The van der Waals surface area contributed by atoms with Gasteiger partial charge in [-0.15, -0.1) is 0 Å². The zero-order valence-corrected chi connectivity index (χ0v) is 68.2. The van der Waals surface area contributed by atoms with Gasteiger partial charge in [-0.05, 0) is 233 Å². The third-order valence-corrected chi connectivity index (χ3v) is 24.1. The molecule has 17 rings (SSSR count). The number of ether oxygens (including phenoxy) is 9. The number of aryl methyl sites for hydroxylation is 5. The molecule has 8 aliphatic heterocycles. The summed E-state index contributed by atoms with van der Waals surface area (Å²) < 4.78 is 53.2. The molecule has 9 heterocycles. The van der Waals surface area contributed by atoms with Crippen molar-refractivity contribution in [2.24, 2.45) is 0 Å². The van der Waals surface area contributed by atoms with Crippen LogP contribution < -0.4 is 23.7 Å². The number of aliphatic hydroxyl groups is 16.